The van der Waals surface area contributed by atoms with Crippen molar-refractivity contribution in [2.75, 3.05) is 25.0 Å². The fourth-order valence-corrected chi connectivity index (χ4v) is 3.98. The number of anilines is 1. The Balaban J connectivity index is 1.43. The molecule has 1 unspecified atom stereocenters. The lowest BCUT2D eigenvalue weighted by molar-refractivity contribution is 0.0165. The number of rotatable bonds is 4. The maximum Gasteiger partial charge on any atom is 0.410 e. The molecule has 0 aromatic heterocycles. The number of hydrogen-bond donors (Lipinski definition) is 3. The molecule has 4 N–H and O–H groups in total. The van der Waals surface area contributed by atoms with Gasteiger partial charge in [0.2, 0.25) is 0 Å². The summed E-state index contributed by atoms with van der Waals surface area (Å²) in [6, 6.07) is 3.24. The Labute approximate surface area is 175 Å². The third kappa shape index (κ3) is 5.20. The fourth-order valence-electron chi connectivity index (χ4n) is 3.98. The van der Waals surface area contributed by atoms with Crippen LogP contribution in [0.25, 0.3) is 0 Å². The number of benzene rings is 1. The first kappa shape index (κ1) is 21.9. The molecular formula is C21H29FN4O4. The summed E-state index contributed by atoms with van der Waals surface area (Å²) in [6.45, 7) is 7.38. The lowest BCUT2D eigenvalue weighted by atomic mass is 9.91. The Morgan fingerprint density at radius 1 is 1.27 bits per heavy atom. The Morgan fingerprint density at radius 3 is 2.53 bits per heavy atom. The number of nitrogens with one attached hydrogen (secondary N) is 2. The molecule has 2 aliphatic rings. The fraction of sp³-hybridized carbons (Fsp3) is 0.571. The average molecular weight is 420 g/mol. The first-order valence-corrected chi connectivity index (χ1v) is 10.1. The molecule has 1 aliphatic heterocycles. The molecule has 30 heavy (non-hydrogen) atoms. The Kier molecular flexibility index (Phi) is 5.92. The van der Waals surface area contributed by atoms with E-state index in [1.807, 2.05) is 20.8 Å². The summed E-state index contributed by atoms with van der Waals surface area (Å²) in [5, 5.41) is 5.42. The van der Waals surface area contributed by atoms with Crippen molar-refractivity contribution in [3.8, 4) is 0 Å². The number of ether oxygens (including phenoxy) is 1. The molecule has 3 rings (SSSR count). The molecular weight excluding hydrogens is 391 g/mol. The molecule has 1 aromatic carbocycles. The summed E-state index contributed by atoms with van der Waals surface area (Å²) < 4.78 is 18.9. The number of halogens is 1. The van der Waals surface area contributed by atoms with Gasteiger partial charge in [-0.1, -0.05) is 0 Å². The van der Waals surface area contributed by atoms with Crippen LogP contribution < -0.4 is 16.4 Å². The second kappa shape index (κ2) is 8.12. The van der Waals surface area contributed by atoms with Gasteiger partial charge in [-0.3, -0.25) is 4.79 Å². The standard InChI is InChI=1S/C21H29FN4O4/c1-20(2,3)30-19(29)26-8-6-21(7-9-26)11-13(21)12-24-18(28)25-14-4-5-16(22)15(10-14)17(23)27/h4-5,10,13H,6-9,11-12H2,1-3H3,(H2,23,27)(H2,24,25,28). The van der Waals surface area contributed by atoms with Crippen LogP contribution in [0.2, 0.25) is 0 Å². The third-order valence-corrected chi connectivity index (χ3v) is 5.77. The molecule has 1 heterocycles. The zero-order valence-electron chi connectivity index (χ0n) is 17.6. The first-order valence-electron chi connectivity index (χ1n) is 10.1. The monoisotopic (exact) mass is 420 g/mol. The van der Waals surface area contributed by atoms with Crippen LogP contribution in [0.15, 0.2) is 18.2 Å². The van der Waals surface area contributed by atoms with Crippen molar-refractivity contribution < 1.29 is 23.5 Å². The molecule has 4 amide bonds. The van der Waals surface area contributed by atoms with Crippen LogP contribution in [0.1, 0.15) is 50.4 Å². The number of primary amides is 1. The van der Waals surface area contributed by atoms with Crippen LogP contribution in [0.3, 0.4) is 0 Å². The number of carbonyl (C=O) groups is 3. The van der Waals surface area contributed by atoms with Crippen molar-refractivity contribution in [2.24, 2.45) is 17.1 Å². The molecule has 1 saturated carbocycles. The van der Waals surface area contributed by atoms with Crippen LogP contribution in [0, 0.1) is 17.2 Å². The molecule has 1 atom stereocenters. The largest absolute Gasteiger partial charge is 0.444 e. The molecule has 164 valence electrons. The van der Waals surface area contributed by atoms with Crippen LogP contribution in [0.5, 0.6) is 0 Å². The van der Waals surface area contributed by atoms with Gasteiger partial charge in [-0.2, -0.15) is 0 Å². The number of carbonyl (C=O) groups excluding carboxylic acids is 3. The predicted octanol–water partition coefficient (Wildman–Crippen LogP) is 3.08. The lowest BCUT2D eigenvalue weighted by Gasteiger charge is -2.34. The number of nitrogens with two attached hydrogens (primary N) is 1. The van der Waals surface area contributed by atoms with Crippen molar-refractivity contribution in [3.63, 3.8) is 0 Å². The summed E-state index contributed by atoms with van der Waals surface area (Å²) >= 11 is 0. The zero-order chi connectivity index (χ0) is 22.1. The maximum atomic E-state index is 13.5. The van der Waals surface area contributed by atoms with Crippen LogP contribution in [-0.4, -0.2) is 48.2 Å². The van der Waals surface area contributed by atoms with E-state index >= 15 is 0 Å². The quantitative estimate of drug-likeness (QED) is 0.694. The van der Waals surface area contributed by atoms with Gasteiger partial charge in [-0.25, -0.2) is 14.0 Å². The zero-order valence-corrected chi connectivity index (χ0v) is 17.6. The highest BCUT2D eigenvalue weighted by Gasteiger charge is 2.55. The third-order valence-electron chi connectivity index (χ3n) is 5.77. The lowest BCUT2D eigenvalue weighted by Crippen LogP contribution is -2.43. The minimum absolute atomic E-state index is 0.167. The summed E-state index contributed by atoms with van der Waals surface area (Å²) in [7, 11) is 0. The highest BCUT2D eigenvalue weighted by atomic mass is 19.1. The van der Waals surface area contributed by atoms with E-state index < -0.39 is 23.4 Å². The number of nitrogens with zero attached hydrogens (tertiary/aromatic N) is 1. The average Bonchev–Trinajstić information content (AvgIpc) is 3.32. The second-order valence-electron chi connectivity index (χ2n) is 9.12. The maximum absolute atomic E-state index is 13.5. The number of amides is 4. The van der Waals surface area contributed by atoms with E-state index in [1.54, 1.807) is 4.90 Å². The van der Waals surface area contributed by atoms with Gasteiger partial charge in [0.1, 0.15) is 11.4 Å². The van der Waals surface area contributed by atoms with Gasteiger partial charge in [0, 0.05) is 25.3 Å². The molecule has 1 saturated heterocycles. The van der Waals surface area contributed by atoms with E-state index in [1.165, 1.54) is 12.1 Å². The van der Waals surface area contributed by atoms with Crippen molar-refractivity contribution in [1.29, 1.82) is 0 Å². The summed E-state index contributed by atoms with van der Waals surface area (Å²) in [5.74, 6) is -1.27. The minimum atomic E-state index is -0.894. The van der Waals surface area contributed by atoms with E-state index in [4.69, 9.17) is 10.5 Å². The van der Waals surface area contributed by atoms with Crippen molar-refractivity contribution in [2.45, 2.75) is 45.6 Å². The minimum Gasteiger partial charge on any atom is -0.444 e. The van der Waals surface area contributed by atoms with Gasteiger partial charge in [0.05, 0.1) is 5.56 Å². The van der Waals surface area contributed by atoms with Crippen LogP contribution in [0.4, 0.5) is 19.7 Å². The van der Waals surface area contributed by atoms with Gasteiger partial charge in [0.15, 0.2) is 0 Å². The number of piperidine rings is 1. The smallest absolute Gasteiger partial charge is 0.410 e. The summed E-state index contributed by atoms with van der Waals surface area (Å²) in [4.78, 5) is 37.3. The number of urea groups is 1. The second-order valence-corrected chi connectivity index (χ2v) is 9.12. The van der Waals surface area contributed by atoms with E-state index in [0.717, 1.165) is 25.3 Å². The topological polar surface area (TPSA) is 114 Å². The SMILES string of the molecule is CC(C)(C)OC(=O)N1CCC2(CC1)CC2CNC(=O)Nc1ccc(F)c(C(N)=O)c1. The summed E-state index contributed by atoms with van der Waals surface area (Å²) in [5.41, 5.74) is 4.80. The molecule has 2 fully saturated rings. The van der Waals surface area contributed by atoms with E-state index in [2.05, 4.69) is 10.6 Å². The molecule has 8 nitrogen and oxygen atoms in total. The number of likely N-dealkylation sites (tertiary alicyclic amines) is 1. The highest BCUT2D eigenvalue weighted by Crippen LogP contribution is 2.59. The van der Waals surface area contributed by atoms with E-state index in [-0.39, 0.29) is 17.1 Å². The Bertz CT molecular complexity index is 844. The molecule has 1 spiro atoms. The van der Waals surface area contributed by atoms with Crippen LogP contribution in [-0.2, 0) is 4.74 Å². The van der Waals surface area contributed by atoms with E-state index in [0.29, 0.717) is 31.2 Å². The molecule has 9 heteroatoms. The first-order chi connectivity index (χ1) is 14.0. The van der Waals surface area contributed by atoms with Gasteiger partial charge in [-0.05, 0) is 69.6 Å². The Morgan fingerprint density at radius 2 is 1.93 bits per heavy atom. The summed E-state index contributed by atoms with van der Waals surface area (Å²) in [6.07, 6.45) is 2.51. The van der Waals surface area contributed by atoms with Crippen molar-refractivity contribution in [3.05, 3.63) is 29.6 Å². The molecule has 1 aliphatic carbocycles. The van der Waals surface area contributed by atoms with Crippen LogP contribution >= 0.6 is 0 Å². The normalized spacial score (nSPS) is 19.9. The van der Waals surface area contributed by atoms with Crippen molar-refractivity contribution in [1.82, 2.24) is 10.2 Å². The van der Waals surface area contributed by atoms with Gasteiger partial charge < -0.3 is 26.0 Å². The molecule has 0 bridgehead atoms. The van der Waals surface area contributed by atoms with Gasteiger partial charge >= 0.3 is 12.1 Å². The Hall–Kier alpha value is -2.84. The molecule has 0 radical (unpaired) electrons. The highest BCUT2D eigenvalue weighted by molar-refractivity contribution is 5.96. The van der Waals surface area contributed by atoms with Gasteiger partial charge in [-0.15, -0.1) is 0 Å². The number of hydrogen-bond acceptors (Lipinski definition) is 4. The predicted molar refractivity (Wildman–Crippen MR) is 110 cm³/mol. The van der Waals surface area contributed by atoms with E-state index in [9.17, 15) is 18.8 Å². The van der Waals surface area contributed by atoms with Crippen molar-refractivity contribution >= 4 is 23.7 Å². The van der Waals surface area contributed by atoms with Gasteiger partial charge in [0.25, 0.3) is 5.91 Å². The molecule has 1 aromatic rings.